The molecule has 0 radical (unpaired) electrons. The Morgan fingerprint density at radius 1 is 1.45 bits per heavy atom. The van der Waals surface area contributed by atoms with Gasteiger partial charge in [0.2, 0.25) is 5.91 Å². The van der Waals surface area contributed by atoms with E-state index >= 15 is 0 Å². The number of aliphatic hydroxyl groups is 2. The average molecular weight is 295 g/mol. The number of rotatable bonds is 6. The summed E-state index contributed by atoms with van der Waals surface area (Å²) >= 11 is 0. The van der Waals surface area contributed by atoms with Crippen LogP contribution < -0.4 is 5.32 Å². The second-order valence-corrected chi connectivity index (χ2v) is 4.66. The minimum atomic E-state index is -1.46. The van der Waals surface area contributed by atoms with Gasteiger partial charge in [-0.05, 0) is 6.92 Å². The highest BCUT2D eigenvalue weighted by atomic mass is 19.1. The van der Waals surface area contributed by atoms with E-state index in [1.807, 2.05) is 0 Å². The van der Waals surface area contributed by atoms with Crippen LogP contribution in [0.15, 0.2) is 0 Å². The summed E-state index contributed by atoms with van der Waals surface area (Å²) in [5.74, 6) is -0.757. The number of hydrogen-bond donors (Lipinski definition) is 3. The van der Waals surface area contributed by atoms with Crippen molar-refractivity contribution >= 4 is 5.91 Å². The van der Waals surface area contributed by atoms with Crippen molar-refractivity contribution in [1.82, 2.24) is 5.32 Å². The molecule has 0 spiro atoms. The molecule has 8 heteroatoms. The van der Waals surface area contributed by atoms with E-state index in [2.05, 4.69) is 5.32 Å². The molecule has 0 aromatic rings. The molecule has 0 saturated carbocycles. The fourth-order valence-corrected chi connectivity index (χ4v) is 2.15. The van der Waals surface area contributed by atoms with E-state index in [4.69, 9.17) is 14.2 Å². The molecule has 1 rings (SSSR count). The molecular formula is C12H22FNO6. The number of hydrogen-bond acceptors (Lipinski definition) is 6. The summed E-state index contributed by atoms with van der Waals surface area (Å²) in [6.45, 7) is 0.841. The number of halogens is 1. The SMILES string of the molecule is CO[C@H]1O[C@H](C)[C@@H](NC(=O)[C@@H](O)CCF)[C@H](O)[C@@H]1OC. The van der Waals surface area contributed by atoms with E-state index in [-0.39, 0.29) is 6.42 Å². The van der Waals surface area contributed by atoms with Gasteiger partial charge in [-0.3, -0.25) is 9.18 Å². The minimum Gasteiger partial charge on any atom is -0.388 e. The lowest BCUT2D eigenvalue weighted by Gasteiger charge is -2.42. The number of methoxy groups -OCH3 is 2. The maximum atomic E-state index is 12.1. The third-order valence-electron chi connectivity index (χ3n) is 3.33. The Kier molecular flexibility index (Phi) is 6.77. The number of aliphatic hydroxyl groups excluding tert-OH is 2. The van der Waals surface area contributed by atoms with Crippen LogP contribution in [0.1, 0.15) is 13.3 Å². The first-order chi connectivity index (χ1) is 9.46. The fraction of sp³-hybridized carbons (Fsp3) is 0.917. The molecule has 1 saturated heterocycles. The molecule has 6 atom stereocenters. The van der Waals surface area contributed by atoms with E-state index in [1.54, 1.807) is 6.92 Å². The normalized spacial score (nSPS) is 35.6. The highest BCUT2D eigenvalue weighted by molar-refractivity contribution is 5.80. The van der Waals surface area contributed by atoms with Gasteiger partial charge < -0.3 is 29.7 Å². The summed E-state index contributed by atoms with van der Waals surface area (Å²) in [4.78, 5) is 11.7. The first-order valence-electron chi connectivity index (χ1n) is 6.39. The summed E-state index contributed by atoms with van der Waals surface area (Å²) in [5.41, 5.74) is 0. The molecule has 1 aliphatic heterocycles. The van der Waals surface area contributed by atoms with Crippen LogP contribution in [-0.2, 0) is 19.0 Å². The summed E-state index contributed by atoms with van der Waals surface area (Å²) in [5, 5.41) is 22.1. The van der Waals surface area contributed by atoms with Gasteiger partial charge in [0.15, 0.2) is 6.29 Å². The van der Waals surface area contributed by atoms with Crippen LogP contribution >= 0.6 is 0 Å². The zero-order valence-electron chi connectivity index (χ0n) is 11.8. The second-order valence-electron chi connectivity index (χ2n) is 4.66. The van der Waals surface area contributed by atoms with Crippen molar-refractivity contribution in [3.63, 3.8) is 0 Å². The monoisotopic (exact) mass is 295 g/mol. The Hall–Kier alpha value is -0.800. The van der Waals surface area contributed by atoms with E-state index in [0.29, 0.717) is 0 Å². The van der Waals surface area contributed by atoms with Crippen molar-refractivity contribution < 1.29 is 33.6 Å². The third-order valence-corrected chi connectivity index (χ3v) is 3.33. The predicted molar refractivity (Wildman–Crippen MR) is 66.7 cm³/mol. The van der Waals surface area contributed by atoms with Crippen molar-refractivity contribution in [1.29, 1.82) is 0 Å². The Balaban J connectivity index is 2.71. The van der Waals surface area contributed by atoms with Gasteiger partial charge in [-0.25, -0.2) is 0 Å². The number of carbonyl (C=O) groups excluding carboxylic acids is 1. The summed E-state index contributed by atoms with van der Waals surface area (Å²) in [7, 11) is 2.80. The molecule has 0 aliphatic carbocycles. The van der Waals surface area contributed by atoms with E-state index in [0.717, 1.165) is 0 Å². The molecule has 1 amide bonds. The van der Waals surface area contributed by atoms with Crippen molar-refractivity contribution in [2.75, 3.05) is 20.9 Å². The zero-order chi connectivity index (χ0) is 15.3. The van der Waals surface area contributed by atoms with Gasteiger partial charge in [0.25, 0.3) is 0 Å². The van der Waals surface area contributed by atoms with Crippen molar-refractivity contribution in [3.05, 3.63) is 0 Å². The van der Waals surface area contributed by atoms with Crippen LogP contribution in [0, 0.1) is 0 Å². The van der Waals surface area contributed by atoms with Gasteiger partial charge in [-0.15, -0.1) is 0 Å². The molecule has 0 bridgehead atoms. The van der Waals surface area contributed by atoms with Gasteiger partial charge in [0.05, 0.1) is 18.8 Å². The van der Waals surface area contributed by atoms with Crippen LogP contribution in [-0.4, -0.2) is 73.8 Å². The largest absolute Gasteiger partial charge is 0.388 e. The van der Waals surface area contributed by atoms with Gasteiger partial charge >= 0.3 is 0 Å². The Labute approximate surface area is 117 Å². The Morgan fingerprint density at radius 2 is 2.10 bits per heavy atom. The lowest BCUT2D eigenvalue weighted by Crippen LogP contribution is -2.64. The fourth-order valence-electron chi connectivity index (χ4n) is 2.15. The molecule has 0 unspecified atom stereocenters. The highest BCUT2D eigenvalue weighted by Gasteiger charge is 2.45. The van der Waals surface area contributed by atoms with Gasteiger partial charge in [-0.2, -0.15) is 0 Å². The van der Waals surface area contributed by atoms with E-state index in [1.165, 1.54) is 14.2 Å². The number of alkyl halides is 1. The quantitative estimate of drug-likeness (QED) is 0.579. The van der Waals surface area contributed by atoms with E-state index in [9.17, 15) is 19.4 Å². The number of nitrogens with one attached hydrogen (secondary N) is 1. The molecule has 1 fully saturated rings. The Bertz CT molecular complexity index is 318. The number of carbonyl (C=O) groups is 1. The average Bonchev–Trinajstić information content (AvgIpc) is 2.42. The second kappa shape index (κ2) is 7.84. The van der Waals surface area contributed by atoms with Gasteiger partial charge in [0.1, 0.15) is 18.3 Å². The van der Waals surface area contributed by atoms with Crippen LogP contribution in [0.3, 0.4) is 0 Å². The van der Waals surface area contributed by atoms with Crippen LogP contribution in [0.25, 0.3) is 0 Å². The molecule has 1 aliphatic rings. The van der Waals surface area contributed by atoms with Gasteiger partial charge in [0, 0.05) is 20.6 Å². The maximum Gasteiger partial charge on any atom is 0.249 e. The molecule has 0 aromatic heterocycles. The summed E-state index contributed by atoms with van der Waals surface area (Å²) in [6.07, 6.45) is -4.91. The van der Waals surface area contributed by atoms with Crippen molar-refractivity contribution in [2.24, 2.45) is 0 Å². The predicted octanol–water partition coefficient (Wildman–Crippen LogP) is -1.04. The molecule has 0 aromatic carbocycles. The first kappa shape index (κ1) is 17.3. The minimum absolute atomic E-state index is 0.293. The lowest BCUT2D eigenvalue weighted by molar-refractivity contribution is -0.269. The molecule has 1 heterocycles. The summed E-state index contributed by atoms with van der Waals surface area (Å²) < 4.78 is 27.7. The third kappa shape index (κ3) is 3.86. The standard InChI is InChI=1S/C12H22FNO6/c1-6-8(14-11(17)7(15)4-5-13)9(16)10(18-2)12(19-3)20-6/h6-10,12,15-16H,4-5H2,1-3H3,(H,14,17)/t6-,7+,8-,9+,10+,12+/m1/s1. The lowest BCUT2D eigenvalue weighted by atomic mass is 9.96. The Morgan fingerprint density at radius 3 is 2.60 bits per heavy atom. The molecular weight excluding hydrogens is 273 g/mol. The van der Waals surface area contributed by atoms with Crippen molar-refractivity contribution in [2.45, 2.75) is 50.1 Å². The molecule has 7 nitrogen and oxygen atoms in total. The van der Waals surface area contributed by atoms with E-state index < -0.39 is 49.3 Å². The maximum absolute atomic E-state index is 12.1. The van der Waals surface area contributed by atoms with Gasteiger partial charge in [-0.1, -0.05) is 0 Å². The van der Waals surface area contributed by atoms with Crippen molar-refractivity contribution in [3.8, 4) is 0 Å². The van der Waals surface area contributed by atoms with Crippen LogP contribution in [0.5, 0.6) is 0 Å². The zero-order valence-corrected chi connectivity index (χ0v) is 11.8. The van der Waals surface area contributed by atoms with Crippen LogP contribution in [0.4, 0.5) is 4.39 Å². The first-order valence-corrected chi connectivity index (χ1v) is 6.39. The highest BCUT2D eigenvalue weighted by Crippen LogP contribution is 2.23. The molecule has 20 heavy (non-hydrogen) atoms. The smallest absolute Gasteiger partial charge is 0.249 e. The molecule has 3 N–H and O–H groups in total. The molecule has 118 valence electrons. The number of amides is 1. The number of ether oxygens (including phenoxy) is 3. The summed E-state index contributed by atoms with van der Waals surface area (Å²) in [6, 6.07) is -0.784. The van der Waals surface area contributed by atoms with Crippen LogP contribution in [0.2, 0.25) is 0 Å². The topological polar surface area (TPSA) is 97.3 Å².